The normalized spacial score (nSPS) is 25.1. The van der Waals surface area contributed by atoms with E-state index < -0.39 is 15.7 Å². The summed E-state index contributed by atoms with van der Waals surface area (Å²) in [5.41, 5.74) is 1.17. The molecule has 140 valence electrons. The number of aryl methyl sites for hydroxylation is 1. The molecule has 3 aliphatic rings. The molecular formula is C20H26N2O3S. The Morgan fingerprint density at radius 1 is 1.15 bits per heavy atom. The van der Waals surface area contributed by atoms with Gasteiger partial charge in [0.1, 0.15) is 10.6 Å². The van der Waals surface area contributed by atoms with E-state index in [1.807, 2.05) is 40.1 Å². The Kier molecular flexibility index (Phi) is 4.86. The van der Waals surface area contributed by atoms with E-state index >= 15 is 0 Å². The van der Waals surface area contributed by atoms with Crippen LogP contribution in [0.3, 0.4) is 0 Å². The van der Waals surface area contributed by atoms with Crippen molar-refractivity contribution >= 4 is 22.6 Å². The lowest BCUT2D eigenvalue weighted by molar-refractivity contribution is -0.135. The lowest BCUT2D eigenvalue weighted by Gasteiger charge is -2.43. The third-order valence-corrected chi connectivity index (χ3v) is 7.96. The van der Waals surface area contributed by atoms with Gasteiger partial charge in [-0.15, -0.1) is 0 Å². The summed E-state index contributed by atoms with van der Waals surface area (Å²) in [5.74, 6) is 0.956. The highest BCUT2D eigenvalue weighted by Crippen LogP contribution is 2.41. The second kappa shape index (κ2) is 7.14. The summed E-state index contributed by atoms with van der Waals surface area (Å²) in [5, 5.41) is 0. The Morgan fingerprint density at radius 3 is 2.50 bits per heavy atom. The Hall–Kier alpha value is -1.69. The lowest BCUT2D eigenvalue weighted by Crippen LogP contribution is -2.56. The number of piperidine rings is 1. The Morgan fingerprint density at radius 2 is 1.85 bits per heavy atom. The Labute approximate surface area is 157 Å². The molecule has 2 heterocycles. The summed E-state index contributed by atoms with van der Waals surface area (Å²) < 4.78 is 12.7. The van der Waals surface area contributed by atoms with Crippen LogP contribution in [0.5, 0.6) is 0 Å². The molecule has 0 N–H and O–H groups in total. The van der Waals surface area contributed by atoms with Crippen molar-refractivity contribution in [1.82, 2.24) is 9.80 Å². The molecule has 4 rings (SSSR count). The zero-order valence-electron chi connectivity index (χ0n) is 15.1. The highest BCUT2D eigenvalue weighted by Gasteiger charge is 2.53. The summed E-state index contributed by atoms with van der Waals surface area (Å²) in [6, 6.07) is 10.0. The molecule has 1 aromatic rings. The molecule has 2 saturated heterocycles. The number of amides is 2. The van der Waals surface area contributed by atoms with E-state index in [4.69, 9.17) is 0 Å². The van der Waals surface area contributed by atoms with Crippen LogP contribution in [0, 0.1) is 5.92 Å². The van der Waals surface area contributed by atoms with Gasteiger partial charge < -0.3 is 9.80 Å². The van der Waals surface area contributed by atoms with Gasteiger partial charge in [0.2, 0.25) is 11.8 Å². The molecule has 0 aromatic heterocycles. The topological polar surface area (TPSA) is 57.7 Å². The molecule has 1 saturated carbocycles. The average Bonchev–Trinajstić information content (AvgIpc) is 3.45. The zero-order chi connectivity index (χ0) is 18.1. The molecule has 0 radical (unpaired) electrons. The molecule has 26 heavy (non-hydrogen) atoms. The summed E-state index contributed by atoms with van der Waals surface area (Å²) >= 11 is 0. The maximum atomic E-state index is 12.7. The molecule has 3 fully saturated rings. The number of nitrogens with zero attached hydrogens (tertiary/aromatic N) is 2. The van der Waals surface area contributed by atoms with Crippen LogP contribution >= 0.6 is 0 Å². The van der Waals surface area contributed by atoms with E-state index in [1.54, 1.807) is 0 Å². The monoisotopic (exact) mass is 374 g/mol. The molecular weight excluding hydrogens is 348 g/mol. The fourth-order valence-corrected chi connectivity index (χ4v) is 5.87. The van der Waals surface area contributed by atoms with Gasteiger partial charge in [0.25, 0.3) is 0 Å². The summed E-state index contributed by atoms with van der Waals surface area (Å²) in [6.45, 7) is 1.97. The van der Waals surface area contributed by atoms with Crippen molar-refractivity contribution in [1.29, 1.82) is 0 Å². The van der Waals surface area contributed by atoms with Crippen molar-refractivity contribution in [2.75, 3.05) is 25.4 Å². The van der Waals surface area contributed by atoms with E-state index in [-0.39, 0.29) is 17.6 Å². The van der Waals surface area contributed by atoms with Gasteiger partial charge in [-0.1, -0.05) is 30.3 Å². The number of hydrogen-bond acceptors (Lipinski definition) is 3. The maximum Gasteiger partial charge on any atom is 0.236 e. The number of hydrogen-bond donors (Lipinski definition) is 0. The van der Waals surface area contributed by atoms with Crippen LogP contribution in [0.2, 0.25) is 0 Å². The molecule has 1 aromatic carbocycles. The number of carbonyl (C=O) groups is 2. The van der Waals surface area contributed by atoms with Gasteiger partial charge in [-0.05, 0) is 30.7 Å². The van der Waals surface area contributed by atoms with Gasteiger partial charge in [-0.2, -0.15) is 0 Å². The first-order chi connectivity index (χ1) is 12.6. The predicted molar refractivity (Wildman–Crippen MR) is 101 cm³/mol. The molecule has 1 aliphatic carbocycles. The van der Waals surface area contributed by atoms with Crippen LogP contribution in [0.1, 0.15) is 37.7 Å². The van der Waals surface area contributed by atoms with E-state index in [2.05, 4.69) is 0 Å². The van der Waals surface area contributed by atoms with Crippen molar-refractivity contribution < 1.29 is 13.8 Å². The summed E-state index contributed by atoms with van der Waals surface area (Å²) in [7, 11) is -1.14. The predicted octanol–water partition coefficient (Wildman–Crippen LogP) is 1.94. The van der Waals surface area contributed by atoms with Gasteiger partial charge in [-0.3, -0.25) is 13.8 Å². The first-order valence-corrected chi connectivity index (χ1v) is 10.9. The molecule has 5 nitrogen and oxygen atoms in total. The zero-order valence-corrected chi connectivity index (χ0v) is 15.9. The fraction of sp³-hybridized carbons (Fsp3) is 0.600. The Balaban J connectivity index is 1.35. The van der Waals surface area contributed by atoms with E-state index in [0.717, 1.165) is 13.0 Å². The van der Waals surface area contributed by atoms with Crippen LogP contribution in [-0.2, 0) is 26.8 Å². The van der Waals surface area contributed by atoms with Crippen molar-refractivity contribution in [3.8, 4) is 0 Å². The van der Waals surface area contributed by atoms with Gasteiger partial charge in [0.05, 0.1) is 10.8 Å². The van der Waals surface area contributed by atoms with Crippen LogP contribution in [0.15, 0.2) is 30.3 Å². The SMILES string of the molecule is O=C(CCc1ccccc1)N1CCC2(CC1)N(CC1CC1)C(=O)C[S@@]2=O. The van der Waals surface area contributed by atoms with Crippen molar-refractivity contribution in [3.63, 3.8) is 0 Å². The van der Waals surface area contributed by atoms with Crippen LogP contribution in [0.4, 0.5) is 0 Å². The number of benzene rings is 1. The largest absolute Gasteiger partial charge is 0.342 e. The molecule has 2 amide bonds. The molecule has 0 bridgehead atoms. The quantitative estimate of drug-likeness (QED) is 0.791. The molecule has 2 aliphatic heterocycles. The van der Waals surface area contributed by atoms with Crippen molar-refractivity contribution in [2.45, 2.75) is 43.4 Å². The van der Waals surface area contributed by atoms with Gasteiger partial charge in [0, 0.05) is 38.9 Å². The second-order valence-corrected chi connectivity index (χ2v) is 9.49. The van der Waals surface area contributed by atoms with Crippen molar-refractivity contribution in [2.24, 2.45) is 5.92 Å². The van der Waals surface area contributed by atoms with E-state index in [1.165, 1.54) is 18.4 Å². The van der Waals surface area contributed by atoms with Gasteiger partial charge in [-0.25, -0.2) is 0 Å². The number of carbonyl (C=O) groups excluding carboxylic acids is 2. The third kappa shape index (κ3) is 3.43. The van der Waals surface area contributed by atoms with Crippen LogP contribution < -0.4 is 0 Å². The standard InChI is InChI=1S/C20H26N2O3S/c23-18(9-8-16-4-2-1-3-5-16)21-12-10-20(11-13-21)22(14-17-6-7-17)19(24)15-26(20)25/h1-5,17H,6-15H2/t26-/m0/s1. The maximum absolute atomic E-state index is 12.7. The highest BCUT2D eigenvalue weighted by molar-refractivity contribution is 7.87. The molecule has 6 heteroatoms. The molecule has 1 atom stereocenters. The fourth-order valence-electron chi connectivity index (χ4n) is 4.16. The smallest absolute Gasteiger partial charge is 0.236 e. The lowest BCUT2D eigenvalue weighted by atomic mass is 10.0. The second-order valence-electron chi connectivity index (χ2n) is 7.75. The minimum atomic E-state index is -1.14. The Bertz CT molecular complexity index is 709. The molecule has 0 unspecified atom stereocenters. The third-order valence-electron chi connectivity index (χ3n) is 5.98. The summed E-state index contributed by atoms with van der Waals surface area (Å²) in [6.07, 6.45) is 4.90. The highest BCUT2D eigenvalue weighted by atomic mass is 32.2. The summed E-state index contributed by atoms with van der Waals surface area (Å²) in [4.78, 5) is 28.2. The molecule has 1 spiro atoms. The van der Waals surface area contributed by atoms with Crippen molar-refractivity contribution in [3.05, 3.63) is 35.9 Å². The van der Waals surface area contributed by atoms with E-state index in [0.29, 0.717) is 38.3 Å². The number of rotatable bonds is 5. The van der Waals surface area contributed by atoms with Crippen LogP contribution in [-0.4, -0.2) is 56.1 Å². The first-order valence-electron chi connectivity index (χ1n) is 9.59. The van der Waals surface area contributed by atoms with Crippen LogP contribution in [0.25, 0.3) is 0 Å². The average molecular weight is 375 g/mol. The van der Waals surface area contributed by atoms with E-state index in [9.17, 15) is 13.8 Å². The first kappa shape index (κ1) is 17.7. The minimum absolute atomic E-state index is 0.0408. The minimum Gasteiger partial charge on any atom is -0.342 e. The van der Waals surface area contributed by atoms with Gasteiger partial charge >= 0.3 is 0 Å². The number of likely N-dealkylation sites (tertiary alicyclic amines) is 1. The van der Waals surface area contributed by atoms with Gasteiger partial charge in [0.15, 0.2) is 0 Å².